The minimum atomic E-state index is -0.630. The average molecular weight is 334 g/mol. The summed E-state index contributed by atoms with van der Waals surface area (Å²) in [4.78, 5) is 25.4. The van der Waals surface area contributed by atoms with Crippen LogP contribution in [0.1, 0.15) is 12.8 Å². The number of piperidine rings is 1. The molecule has 3 rings (SSSR count). The highest BCUT2D eigenvalue weighted by molar-refractivity contribution is 5.81. The van der Waals surface area contributed by atoms with Gasteiger partial charge in [-0.2, -0.15) is 0 Å². The Morgan fingerprint density at radius 2 is 1.96 bits per heavy atom. The minimum Gasteiger partial charge on any atom is -0.485 e. The number of hydrogen-bond donors (Lipinski definition) is 1. The van der Waals surface area contributed by atoms with Crippen molar-refractivity contribution in [3.05, 3.63) is 24.3 Å². The molecular weight excluding hydrogens is 312 g/mol. The lowest BCUT2D eigenvalue weighted by Crippen LogP contribution is -2.47. The van der Waals surface area contributed by atoms with Gasteiger partial charge in [-0.15, -0.1) is 0 Å². The van der Waals surface area contributed by atoms with Crippen molar-refractivity contribution in [1.29, 1.82) is 0 Å². The van der Waals surface area contributed by atoms with Gasteiger partial charge in [0.1, 0.15) is 6.61 Å². The van der Waals surface area contributed by atoms with Gasteiger partial charge in [0.15, 0.2) is 11.5 Å². The first kappa shape index (κ1) is 16.4. The Bertz CT molecular complexity index is 598. The first-order valence-electron chi connectivity index (χ1n) is 8.16. The number of rotatable bonds is 3. The predicted molar refractivity (Wildman–Crippen MR) is 86.1 cm³/mol. The molecule has 1 aromatic carbocycles. The van der Waals surface area contributed by atoms with Crippen LogP contribution in [-0.2, 0) is 9.53 Å². The summed E-state index contributed by atoms with van der Waals surface area (Å²) in [5.41, 5.74) is 0. The summed E-state index contributed by atoms with van der Waals surface area (Å²) in [6.45, 7) is 2.10. The first-order chi connectivity index (χ1) is 11.7. The summed E-state index contributed by atoms with van der Waals surface area (Å²) >= 11 is 0. The summed E-state index contributed by atoms with van der Waals surface area (Å²) in [6, 6.07) is 7.32. The maximum Gasteiger partial charge on any atom is 0.409 e. The van der Waals surface area contributed by atoms with Crippen molar-refractivity contribution >= 4 is 12.0 Å². The fourth-order valence-electron chi connectivity index (χ4n) is 2.96. The molecule has 7 nitrogen and oxygen atoms in total. The minimum absolute atomic E-state index is 0.167. The lowest BCUT2D eigenvalue weighted by atomic mass is 9.97. The fraction of sp³-hybridized carbons (Fsp3) is 0.529. The Morgan fingerprint density at radius 3 is 2.67 bits per heavy atom. The molecule has 0 radical (unpaired) electrons. The van der Waals surface area contributed by atoms with Crippen LogP contribution in [0.3, 0.4) is 0 Å². The van der Waals surface area contributed by atoms with Crippen LogP contribution in [0.2, 0.25) is 0 Å². The molecule has 0 bridgehead atoms. The van der Waals surface area contributed by atoms with Gasteiger partial charge in [0, 0.05) is 19.6 Å². The second-order valence-corrected chi connectivity index (χ2v) is 6.01. The molecule has 1 aromatic rings. The highest BCUT2D eigenvalue weighted by atomic mass is 16.6. The third-order valence-electron chi connectivity index (χ3n) is 4.41. The quantitative estimate of drug-likeness (QED) is 0.905. The zero-order valence-electron chi connectivity index (χ0n) is 13.7. The van der Waals surface area contributed by atoms with Crippen molar-refractivity contribution in [1.82, 2.24) is 10.2 Å². The molecule has 24 heavy (non-hydrogen) atoms. The SMILES string of the molecule is COC(=O)N1CCC(CNC(=O)C2COc3ccccc3O2)CC1. The number of carbonyl (C=O) groups excluding carboxylic acids is 2. The molecule has 1 fully saturated rings. The van der Waals surface area contributed by atoms with Gasteiger partial charge in [-0.1, -0.05) is 12.1 Å². The predicted octanol–water partition coefficient (Wildman–Crippen LogP) is 1.42. The summed E-state index contributed by atoms with van der Waals surface area (Å²) in [5.74, 6) is 1.44. The highest BCUT2D eigenvalue weighted by Crippen LogP contribution is 2.30. The number of ether oxygens (including phenoxy) is 3. The molecule has 2 aliphatic rings. The summed E-state index contributed by atoms with van der Waals surface area (Å²) in [6.07, 6.45) is 0.777. The Kier molecular flexibility index (Phi) is 5.08. The molecule has 0 aromatic heterocycles. The monoisotopic (exact) mass is 334 g/mol. The molecule has 0 aliphatic carbocycles. The second-order valence-electron chi connectivity index (χ2n) is 6.01. The number of nitrogens with zero attached hydrogens (tertiary/aromatic N) is 1. The molecular formula is C17H22N2O5. The molecule has 7 heteroatoms. The number of nitrogens with one attached hydrogen (secondary N) is 1. The summed E-state index contributed by atoms with van der Waals surface area (Å²) in [5, 5.41) is 2.93. The number of methoxy groups -OCH3 is 1. The van der Waals surface area contributed by atoms with E-state index in [9.17, 15) is 9.59 Å². The number of likely N-dealkylation sites (tertiary alicyclic amines) is 1. The Labute approximate surface area is 140 Å². The van der Waals surface area contributed by atoms with E-state index >= 15 is 0 Å². The Balaban J connectivity index is 1.43. The fourth-order valence-corrected chi connectivity index (χ4v) is 2.96. The van der Waals surface area contributed by atoms with E-state index in [4.69, 9.17) is 14.2 Å². The van der Waals surface area contributed by atoms with Gasteiger partial charge in [-0.25, -0.2) is 4.79 Å². The van der Waals surface area contributed by atoms with Crippen LogP contribution in [0.25, 0.3) is 0 Å². The van der Waals surface area contributed by atoms with Crippen molar-refractivity contribution in [2.45, 2.75) is 18.9 Å². The van der Waals surface area contributed by atoms with E-state index in [-0.39, 0.29) is 18.6 Å². The van der Waals surface area contributed by atoms with Crippen LogP contribution in [0.4, 0.5) is 4.79 Å². The highest BCUT2D eigenvalue weighted by Gasteiger charge is 2.28. The number of fused-ring (bicyclic) bond motifs is 1. The van der Waals surface area contributed by atoms with Crippen LogP contribution < -0.4 is 14.8 Å². The lowest BCUT2D eigenvalue weighted by Gasteiger charge is -2.31. The normalized spacial score (nSPS) is 20.4. The van der Waals surface area contributed by atoms with Crippen molar-refractivity contribution in [3.8, 4) is 11.5 Å². The van der Waals surface area contributed by atoms with E-state index in [1.807, 2.05) is 18.2 Å². The molecule has 2 heterocycles. The standard InChI is InChI=1S/C17H22N2O5/c1-22-17(21)19-8-6-12(7-9-19)10-18-16(20)15-11-23-13-4-2-3-5-14(13)24-15/h2-5,12,15H,6-11H2,1H3,(H,18,20). The third-order valence-corrected chi connectivity index (χ3v) is 4.41. The zero-order valence-corrected chi connectivity index (χ0v) is 13.7. The number of para-hydroxylation sites is 2. The molecule has 2 amide bonds. The van der Waals surface area contributed by atoms with Crippen molar-refractivity contribution in [3.63, 3.8) is 0 Å². The Hall–Kier alpha value is -2.44. The smallest absolute Gasteiger partial charge is 0.409 e. The van der Waals surface area contributed by atoms with Gasteiger partial charge < -0.3 is 24.4 Å². The van der Waals surface area contributed by atoms with Crippen LogP contribution in [0, 0.1) is 5.92 Å². The van der Waals surface area contributed by atoms with Crippen LogP contribution in [0.5, 0.6) is 11.5 Å². The molecule has 1 N–H and O–H groups in total. The van der Waals surface area contributed by atoms with Crippen LogP contribution >= 0.6 is 0 Å². The van der Waals surface area contributed by atoms with E-state index in [2.05, 4.69) is 5.32 Å². The summed E-state index contributed by atoms with van der Waals surface area (Å²) < 4.78 is 16.0. The van der Waals surface area contributed by atoms with E-state index in [1.165, 1.54) is 7.11 Å². The topological polar surface area (TPSA) is 77.1 Å². The maximum atomic E-state index is 12.3. The molecule has 0 spiro atoms. The number of hydrogen-bond acceptors (Lipinski definition) is 5. The van der Waals surface area contributed by atoms with E-state index in [1.54, 1.807) is 11.0 Å². The van der Waals surface area contributed by atoms with Crippen molar-refractivity contribution < 1.29 is 23.8 Å². The van der Waals surface area contributed by atoms with Gasteiger partial charge in [-0.05, 0) is 30.9 Å². The van der Waals surface area contributed by atoms with E-state index < -0.39 is 6.10 Å². The number of benzene rings is 1. The largest absolute Gasteiger partial charge is 0.485 e. The molecule has 130 valence electrons. The molecule has 1 atom stereocenters. The van der Waals surface area contributed by atoms with Gasteiger partial charge in [0.05, 0.1) is 7.11 Å². The van der Waals surface area contributed by atoms with Crippen molar-refractivity contribution in [2.24, 2.45) is 5.92 Å². The van der Waals surface area contributed by atoms with Gasteiger partial charge in [-0.3, -0.25) is 4.79 Å². The second kappa shape index (κ2) is 7.42. The summed E-state index contributed by atoms with van der Waals surface area (Å²) in [7, 11) is 1.39. The maximum absolute atomic E-state index is 12.3. The van der Waals surface area contributed by atoms with E-state index in [0.717, 1.165) is 12.8 Å². The van der Waals surface area contributed by atoms with E-state index in [0.29, 0.717) is 37.1 Å². The zero-order chi connectivity index (χ0) is 16.9. The first-order valence-corrected chi connectivity index (χ1v) is 8.16. The third kappa shape index (κ3) is 3.72. The van der Waals surface area contributed by atoms with Crippen LogP contribution in [-0.4, -0.2) is 56.4 Å². The molecule has 1 saturated heterocycles. The number of amides is 2. The average Bonchev–Trinajstić information content (AvgIpc) is 2.65. The van der Waals surface area contributed by atoms with Gasteiger partial charge in [0.25, 0.3) is 5.91 Å². The van der Waals surface area contributed by atoms with Crippen LogP contribution in [0.15, 0.2) is 24.3 Å². The van der Waals surface area contributed by atoms with Gasteiger partial charge in [0.2, 0.25) is 6.10 Å². The Morgan fingerprint density at radius 1 is 1.25 bits per heavy atom. The molecule has 1 unspecified atom stereocenters. The molecule has 0 saturated carbocycles. The van der Waals surface area contributed by atoms with Crippen molar-refractivity contribution in [2.75, 3.05) is 33.4 Å². The number of carbonyl (C=O) groups is 2. The lowest BCUT2D eigenvalue weighted by molar-refractivity contribution is -0.130. The van der Waals surface area contributed by atoms with Gasteiger partial charge >= 0.3 is 6.09 Å². The molecule has 2 aliphatic heterocycles.